The SMILES string of the molecule is Cc1noc(CNC2Cc3ccccc3C2)n1. The second-order valence-electron chi connectivity index (χ2n) is 4.49. The van der Waals surface area contributed by atoms with E-state index in [9.17, 15) is 0 Å². The zero-order chi connectivity index (χ0) is 11.7. The molecule has 1 aromatic heterocycles. The lowest BCUT2D eigenvalue weighted by atomic mass is 10.1. The molecule has 1 aromatic carbocycles. The maximum absolute atomic E-state index is 5.08. The highest BCUT2D eigenvalue weighted by Crippen LogP contribution is 2.21. The molecule has 1 heterocycles. The van der Waals surface area contributed by atoms with Gasteiger partial charge in [0.1, 0.15) is 0 Å². The molecule has 0 bridgehead atoms. The second-order valence-corrected chi connectivity index (χ2v) is 4.49. The van der Waals surface area contributed by atoms with Crippen molar-refractivity contribution in [1.82, 2.24) is 15.5 Å². The van der Waals surface area contributed by atoms with Crippen LogP contribution in [0.4, 0.5) is 0 Å². The summed E-state index contributed by atoms with van der Waals surface area (Å²) in [5, 5.41) is 7.24. The molecule has 4 nitrogen and oxygen atoms in total. The van der Waals surface area contributed by atoms with Gasteiger partial charge >= 0.3 is 0 Å². The summed E-state index contributed by atoms with van der Waals surface area (Å²) in [7, 11) is 0. The van der Waals surface area contributed by atoms with Gasteiger partial charge in [0.25, 0.3) is 0 Å². The number of nitrogens with one attached hydrogen (secondary N) is 1. The first-order valence-corrected chi connectivity index (χ1v) is 5.90. The van der Waals surface area contributed by atoms with Gasteiger partial charge in [-0.05, 0) is 30.9 Å². The van der Waals surface area contributed by atoms with Crippen molar-refractivity contribution >= 4 is 0 Å². The molecule has 17 heavy (non-hydrogen) atoms. The number of hydrogen-bond acceptors (Lipinski definition) is 4. The quantitative estimate of drug-likeness (QED) is 0.869. The summed E-state index contributed by atoms with van der Waals surface area (Å²) in [6, 6.07) is 9.09. The predicted molar refractivity (Wildman–Crippen MR) is 63.5 cm³/mol. The Morgan fingerprint density at radius 2 is 2.00 bits per heavy atom. The van der Waals surface area contributed by atoms with E-state index >= 15 is 0 Å². The third-order valence-corrected chi connectivity index (χ3v) is 3.16. The standard InChI is InChI=1S/C13H15N3O/c1-9-15-13(17-16-9)8-14-12-6-10-4-2-3-5-11(10)7-12/h2-5,12,14H,6-8H2,1H3. The minimum atomic E-state index is 0.486. The summed E-state index contributed by atoms with van der Waals surface area (Å²) in [4.78, 5) is 4.18. The van der Waals surface area contributed by atoms with Gasteiger partial charge in [0, 0.05) is 6.04 Å². The lowest BCUT2D eigenvalue weighted by molar-refractivity contribution is 0.355. The molecule has 0 amide bonds. The van der Waals surface area contributed by atoms with Crippen molar-refractivity contribution in [3.8, 4) is 0 Å². The number of nitrogens with zero attached hydrogens (tertiary/aromatic N) is 2. The minimum absolute atomic E-state index is 0.486. The number of rotatable bonds is 3. The van der Waals surface area contributed by atoms with Gasteiger partial charge in [-0.2, -0.15) is 4.98 Å². The van der Waals surface area contributed by atoms with Crippen molar-refractivity contribution < 1.29 is 4.52 Å². The fourth-order valence-corrected chi connectivity index (χ4v) is 2.35. The van der Waals surface area contributed by atoms with Gasteiger partial charge in [-0.25, -0.2) is 0 Å². The van der Waals surface area contributed by atoms with Crippen LogP contribution in [0, 0.1) is 6.92 Å². The molecule has 0 spiro atoms. The maximum atomic E-state index is 5.08. The third-order valence-electron chi connectivity index (χ3n) is 3.16. The predicted octanol–water partition coefficient (Wildman–Crippen LogP) is 1.64. The Bertz CT molecular complexity index is 496. The lowest BCUT2D eigenvalue weighted by Crippen LogP contribution is -2.29. The average Bonchev–Trinajstić information content (AvgIpc) is 2.91. The van der Waals surface area contributed by atoms with E-state index in [0.717, 1.165) is 12.8 Å². The van der Waals surface area contributed by atoms with Gasteiger partial charge in [0.05, 0.1) is 6.54 Å². The molecule has 88 valence electrons. The Labute approximate surface area is 100 Å². The van der Waals surface area contributed by atoms with Crippen LogP contribution in [-0.2, 0) is 19.4 Å². The van der Waals surface area contributed by atoms with Crippen molar-refractivity contribution in [1.29, 1.82) is 0 Å². The summed E-state index contributed by atoms with van der Waals surface area (Å²) < 4.78 is 5.08. The van der Waals surface area contributed by atoms with Crippen LogP contribution in [-0.4, -0.2) is 16.2 Å². The van der Waals surface area contributed by atoms with Crippen molar-refractivity contribution in [3.05, 3.63) is 47.1 Å². The van der Waals surface area contributed by atoms with Gasteiger partial charge in [-0.1, -0.05) is 29.4 Å². The maximum Gasteiger partial charge on any atom is 0.240 e. The molecule has 0 unspecified atom stereocenters. The molecule has 1 aliphatic rings. The monoisotopic (exact) mass is 229 g/mol. The highest BCUT2D eigenvalue weighted by molar-refractivity contribution is 5.33. The molecule has 1 N–H and O–H groups in total. The zero-order valence-electron chi connectivity index (χ0n) is 9.81. The highest BCUT2D eigenvalue weighted by atomic mass is 16.5. The minimum Gasteiger partial charge on any atom is -0.338 e. The largest absolute Gasteiger partial charge is 0.338 e. The molecule has 2 aromatic rings. The smallest absolute Gasteiger partial charge is 0.240 e. The molecule has 1 aliphatic carbocycles. The molecular formula is C13H15N3O. The van der Waals surface area contributed by atoms with Gasteiger partial charge in [0.2, 0.25) is 5.89 Å². The number of aromatic nitrogens is 2. The Hall–Kier alpha value is -1.68. The van der Waals surface area contributed by atoms with E-state index in [-0.39, 0.29) is 0 Å². The molecule has 3 rings (SSSR count). The number of benzene rings is 1. The number of fused-ring (bicyclic) bond motifs is 1. The van der Waals surface area contributed by atoms with E-state index in [1.54, 1.807) is 0 Å². The first-order valence-electron chi connectivity index (χ1n) is 5.90. The second kappa shape index (κ2) is 4.30. The van der Waals surface area contributed by atoms with Crippen LogP contribution < -0.4 is 5.32 Å². The molecule has 0 atom stereocenters. The molecule has 4 heteroatoms. The topological polar surface area (TPSA) is 51.0 Å². The van der Waals surface area contributed by atoms with E-state index in [1.165, 1.54) is 11.1 Å². The zero-order valence-corrected chi connectivity index (χ0v) is 9.81. The van der Waals surface area contributed by atoms with Crippen LogP contribution in [0.25, 0.3) is 0 Å². The Balaban J connectivity index is 1.59. The molecule has 0 saturated carbocycles. The number of aryl methyl sites for hydroxylation is 1. The first-order chi connectivity index (χ1) is 8.31. The Morgan fingerprint density at radius 3 is 2.59 bits per heavy atom. The number of hydrogen-bond donors (Lipinski definition) is 1. The van der Waals surface area contributed by atoms with Crippen LogP contribution in [0.1, 0.15) is 22.8 Å². The van der Waals surface area contributed by atoms with Crippen LogP contribution in [0.5, 0.6) is 0 Å². The van der Waals surface area contributed by atoms with Crippen LogP contribution >= 0.6 is 0 Å². The van der Waals surface area contributed by atoms with Gasteiger partial charge in [0.15, 0.2) is 5.82 Å². The molecule has 0 saturated heterocycles. The van der Waals surface area contributed by atoms with Crippen LogP contribution in [0.3, 0.4) is 0 Å². The van der Waals surface area contributed by atoms with Gasteiger partial charge in [-0.3, -0.25) is 0 Å². The van der Waals surface area contributed by atoms with Crippen molar-refractivity contribution in [3.63, 3.8) is 0 Å². The summed E-state index contributed by atoms with van der Waals surface area (Å²) >= 11 is 0. The lowest BCUT2D eigenvalue weighted by Gasteiger charge is -2.08. The van der Waals surface area contributed by atoms with Crippen molar-refractivity contribution in [2.75, 3.05) is 0 Å². The normalized spacial score (nSPS) is 15.1. The fourth-order valence-electron chi connectivity index (χ4n) is 2.35. The summed E-state index contributed by atoms with van der Waals surface area (Å²) in [6.07, 6.45) is 2.17. The first kappa shape index (κ1) is 10.5. The van der Waals surface area contributed by atoms with E-state index in [4.69, 9.17) is 4.52 Å². The average molecular weight is 229 g/mol. The van der Waals surface area contributed by atoms with E-state index in [0.29, 0.717) is 24.3 Å². The summed E-state index contributed by atoms with van der Waals surface area (Å²) in [5.41, 5.74) is 2.90. The van der Waals surface area contributed by atoms with E-state index in [2.05, 4.69) is 39.7 Å². The molecular weight excluding hydrogens is 214 g/mol. The summed E-state index contributed by atoms with van der Waals surface area (Å²) in [5.74, 6) is 1.36. The molecule has 0 aliphatic heterocycles. The van der Waals surface area contributed by atoms with E-state index < -0.39 is 0 Å². The fraction of sp³-hybridized carbons (Fsp3) is 0.385. The third kappa shape index (κ3) is 2.22. The van der Waals surface area contributed by atoms with Gasteiger partial charge in [-0.15, -0.1) is 0 Å². The van der Waals surface area contributed by atoms with Crippen LogP contribution in [0.2, 0.25) is 0 Å². The van der Waals surface area contributed by atoms with E-state index in [1.807, 2.05) is 6.92 Å². The Kier molecular flexibility index (Phi) is 2.65. The molecule has 0 fully saturated rings. The van der Waals surface area contributed by atoms with Gasteiger partial charge < -0.3 is 9.84 Å². The van der Waals surface area contributed by atoms with Crippen LogP contribution in [0.15, 0.2) is 28.8 Å². The van der Waals surface area contributed by atoms with Crippen molar-refractivity contribution in [2.45, 2.75) is 32.4 Å². The Morgan fingerprint density at radius 1 is 1.29 bits per heavy atom. The van der Waals surface area contributed by atoms with Crippen molar-refractivity contribution in [2.24, 2.45) is 0 Å². The highest BCUT2D eigenvalue weighted by Gasteiger charge is 2.20. The summed E-state index contributed by atoms with van der Waals surface area (Å²) in [6.45, 7) is 2.48. The molecule has 0 radical (unpaired) electrons.